The summed E-state index contributed by atoms with van der Waals surface area (Å²) in [6, 6.07) is 58.5. The maximum absolute atomic E-state index is 5.28. The van der Waals surface area contributed by atoms with Gasteiger partial charge in [-0.25, -0.2) is 19.9 Å². The molecule has 3 heterocycles. The minimum Gasteiger partial charge on any atom is -0.245 e. The van der Waals surface area contributed by atoms with Gasteiger partial charge in [0.25, 0.3) is 0 Å². The largest absolute Gasteiger partial charge is 0.245 e. The van der Waals surface area contributed by atoms with Gasteiger partial charge in [-0.2, -0.15) is 0 Å². The van der Waals surface area contributed by atoms with Gasteiger partial charge in [0, 0.05) is 38.6 Å². The van der Waals surface area contributed by atoms with Gasteiger partial charge in [0.1, 0.15) is 0 Å². The second kappa shape index (κ2) is 11.7. The van der Waals surface area contributed by atoms with E-state index in [0.717, 1.165) is 83.2 Å². The Morgan fingerprint density at radius 2 is 0.729 bits per heavy atom. The van der Waals surface area contributed by atoms with Crippen LogP contribution in [0.25, 0.3) is 89.0 Å². The fourth-order valence-electron chi connectivity index (χ4n) is 6.49. The molecule has 0 fully saturated rings. The summed E-state index contributed by atoms with van der Waals surface area (Å²) in [6.07, 6.45) is 0. The molecule has 0 bridgehead atoms. The lowest BCUT2D eigenvalue weighted by molar-refractivity contribution is 1.18. The van der Waals surface area contributed by atoms with Crippen molar-refractivity contribution < 1.29 is 0 Å². The normalized spacial score (nSPS) is 11.3. The third-order valence-electron chi connectivity index (χ3n) is 8.89. The monoisotopic (exact) mass is 612 g/mol. The van der Waals surface area contributed by atoms with Crippen molar-refractivity contribution in [3.8, 4) is 56.4 Å². The Balaban J connectivity index is 1.22. The number of benzene rings is 6. The molecule has 0 aliphatic carbocycles. The average molecular weight is 613 g/mol. The molecule has 0 aliphatic rings. The Hall–Kier alpha value is -6.52. The summed E-state index contributed by atoms with van der Waals surface area (Å²) in [7, 11) is 0. The van der Waals surface area contributed by atoms with Crippen LogP contribution in [0.3, 0.4) is 0 Å². The molecular formula is C44H28N4. The lowest BCUT2D eigenvalue weighted by Crippen LogP contribution is -1.97. The molecule has 0 aliphatic heterocycles. The fourth-order valence-corrected chi connectivity index (χ4v) is 6.49. The Labute approximate surface area is 278 Å². The third-order valence-corrected chi connectivity index (χ3v) is 8.89. The first kappa shape index (κ1) is 27.8. The predicted octanol–water partition coefficient (Wildman–Crippen LogP) is 11.1. The summed E-state index contributed by atoms with van der Waals surface area (Å²) >= 11 is 0. The van der Waals surface area contributed by atoms with Gasteiger partial charge in [0.05, 0.1) is 33.8 Å². The molecule has 6 aromatic carbocycles. The van der Waals surface area contributed by atoms with Gasteiger partial charge >= 0.3 is 0 Å². The van der Waals surface area contributed by atoms with E-state index in [2.05, 4.69) is 115 Å². The van der Waals surface area contributed by atoms with Crippen molar-refractivity contribution in [3.63, 3.8) is 0 Å². The summed E-state index contributed by atoms with van der Waals surface area (Å²) in [5, 5.41) is 4.35. The van der Waals surface area contributed by atoms with Gasteiger partial charge < -0.3 is 0 Å². The average Bonchev–Trinajstić information content (AvgIpc) is 3.18. The topological polar surface area (TPSA) is 51.6 Å². The van der Waals surface area contributed by atoms with Crippen LogP contribution >= 0.6 is 0 Å². The van der Waals surface area contributed by atoms with Crippen molar-refractivity contribution in [2.45, 2.75) is 0 Å². The molecule has 224 valence electrons. The van der Waals surface area contributed by atoms with Crippen LogP contribution in [0.5, 0.6) is 0 Å². The highest BCUT2D eigenvalue weighted by atomic mass is 14.9. The number of rotatable bonds is 5. The van der Waals surface area contributed by atoms with Gasteiger partial charge in [-0.15, -0.1) is 0 Å². The summed E-state index contributed by atoms with van der Waals surface area (Å²) in [5.41, 5.74) is 10.6. The molecule has 0 unspecified atom stereocenters. The van der Waals surface area contributed by atoms with Gasteiger partial charge in [-0.3, -0.25) is 0 Å². The van der Waals surface area contributed by atoms with Crippen molar-refractivity contribution in [3.05, 3.63) is 170 Å². The smallest absolute Gasteiger partial charge is 0.160 e. The van der Waals surface area contributed by atoms with Gasteiger partial charge in [-0.05, 0) is 29.0 Å². The first-order valence-electron chi connectivity index (χ1n) is 16.1. The zero-order valence-electron chi connectivity index (χ0n) is 26.0. The van der Waals surface area contributed by atoms with Gasteiger partial charge in [0.2, 0.25) is 0 Å². The molecule has 0 saturated carbocycles. The summed E-state index contributed by atoms with van der Waals surface area (Å²) in [4.78, 5) is 20.5. The Morgan fingerprint density at radius 3 is 1.33 bits per heavy atom. The molecule has 9 aromatic rings. The molecule has 0 spiro atoms. The number of hydrogen-bond acceptors (Lipinski definition) is 4. The van der Waals surface area contributed by atoms with E-state index < -0.39 is 0 Å². The molecule has 4 nitrogen and oxygen atoms in total. The van der Waals surface area contributed by atoms with Crippen LogP contribution in [0.4, 0.5) is 0 Å². The molecule has 0 amide bonds. The predicted molar refractivity (Wildman–Crippen MR) is 197 cm³/mol. The molecule has 4 heteroatoms. The quantitative estimate of drug-likeness (QED) is 0.181. The number of hydrogen-bond donors (Lipinski definition) is 0. The lowest BCUT2D eigenvalue weighted by atomic mass is 9.95. The number of aromatic nitrogens is 4. The number of fused-ring (bicyclic) bond motifs is 4. The molecule has 0 saturated heterocycles. The molecule has 0 radical (unpaired) electrons. The van der Waals surface area contributed by atoms with Gasteiger partial charge in [0.15, 0.2) is 5.82 Å². The van der Waals surface area contributed by atoms with Crippen molar-refractivity contribution in [2.75, 3.05) is 0 Å². The van der Waals surface area contributed by atoms with Crippen LogP contribution < -0.4 is 0 Å². The van der Waals surface area contributed by atoms with Crippen molar-refractivity contribution in [1.82, 2.24) is 19.9 Å². The first-order valence-corrected chi connectivity index (χ1v) is 16.1. The van der Waals surface area contributed by atoms with Crippen LogP contribution in [0, 0.1) is 0 Å². The number of nitrogens with zero attached hydrogens (tertiary/aromatic N) is 4. The van der Waals surface area contributed by atoms with E-state index in [0.29, 0.717) is 5.82 Å². The van der Waals surface area contributed by atoms with E-state index in [1.807, 2.05) is 54.6 Å². The summed E-state index contributed by atoms with van der Waals surface area (Å²) in [6.45, 7) is 0. The minimum atomic E-state index is 0.700. The molecule has 3 aromatic heterocycles. The SMILES string of the molecule is c1ccc(-c2cc(-c3ccc(-c4ccc5ccc6ccc(-c7ccccc7)nc6c5n4)c4ccccc34)nc(-c3ccccc3)n2)cc1. The summed E-state index contributed by atoms with van der Waals surface area (Å²) in [5.74, 6) is 0.700. The first-order chi connectivity index (χ1) is 23.8. The Bertz CT molecular complexity index is 2540. The number of pyridine rings is 2. The van der Waals surface area contributed by atoms with Gasteiger partial charge in [-0.1, -0.05) is 152 Å². The lowest BCUT2D eigenvalue weighted by Gasteiger charge is -2.14. The van der Waals surface area contributed by atoms with E-state index >= 15 is 0 Å². The fraction of sp³-hybridized carbons (Fsp3) is 0. The van der Waals surface area contributed by atoms with E-state index in [9.17, 15) is 0 Å². The van der Waals surface area contributed by atoms with E-state index in [-0.39, 0.29) is 0 Å². The molecule has 48 heavy (non-hydrogen) atoms. The second-order valence-electron chi connectivity index (χ2n) is 11.9. The summed E-state index contributed by atoms with van der Waals surface area (Å²) < 4.78 is 0. The zero-order chi connectivity index (χ0) is 31.9. The minimum absolute atomic E-state index is 0.700. The van der Waals surface area contributed by atoms with Crippen molar-refractivity contribution in [2.24, 2.45) is 0 Å². The maximum atomic E-state index is 5.28. The highest BCUT2D eigenvalue weighted by Gasteiger charge is 2.16. The van der Waals surface area contributed by atoms with Crippen molar-refractivity contribution >= 4 is 32.6 Å². The zero-order valence-corrected chi connectivity index (χ0v) is 26.0. The van der Waals surface area contributed by atoms with E-state index in [4.69, 9.17) is 19.9 Å². The van der Waals surface area contributed by atoms with Crippen LogP contribution in [-0.2, 0) is 0 Å². The van der Waals surface area contributed by atoms with E-state index in [1.165, 1.54) is 0 Å². The Morgan fingerprint density at radius 1 is 0.292 bits per heavy atom. The Kier molecular flexibility index (Phi) is 6.76. The highest BCUT2D eigenvalue weighted by molar-refractivity contribution is 6.07. The second-order valence-corrected chi connectivity index (χ2v) is 11.9. The van der Waals surface area contributed by atoms with Crippen LogP contribution in [0.1, 0.15) is 0 Å². The maximum Gasteiger partial charge on any atom is 0.160 e. The molecule has 9 rings (SSSR count). The molecular weight excluding hydrogens is 585 g/mol. The van der Waals surface area contributed by atoms with Crippen molar-refractivity contribution in [1.29, 1.82) is 0 Å². The third kappa shape index (κ3) is 4.97. The van der Waals surface area contributed by atoms with E-state index in [1.54, 1.807) is 0 Å². The van der Waals surface area contributed by atoms with Crippen LogP contribution in [0.15, 0.2) is 170 Å². The van der Waals surface area contributed by atoms with Crippen LogP contribution in [0.2, 0.25) is 0 Å². The molecule has 0 atom stereocenters. The van der Waals surface area contributed by atoms with Crippen LogP contribution in [-0.4, -0.2) is 19.9 Å². The molecule has 0 N–H and O–H groups in total. The standard InChI is InChI=1S/C44H28N4/c1-4-12-29(13-5-1)38-26-22-31-20-21-32-23-27-39(46-43(32)42(31)45-38)36-24-25-37(35-19-11-10-18-34(35)36)41-28-40(30-14-6-2-7-15-30)47-44(48-41)33-16-8-3-9-17-33/h1-28H. The highest BCUT2D eigenvalue weighted by Crippen LogP contribution is 2.37.